The van der Waals surface area contributed by atoms with Crippen LogP contribution in [0.5, 0.6) is 0 Å². The maximum atomic E-state index is 13.6. The first-order valence-corrected chi connectivity index (χ1v) is 16.6. The largest absolute Gasteiger partial charge is 0.399 e. The summed E-state index contributed by atoms with van der Waals surface area (Å²) in [4.78, 5) is 82.3. The molecule has 0 aliphatic rings. The number of hydrogen-bond acceptors (Lipinski definition) is 11. The molecule has 0 aliphatic carbocycles. The summed E-state index contributed by atoms with van der Waals surface area (Å²) in [5.41, 5.74) is 26.0. The summed E-state index contributed by atoms with van der Waals surface area (Å²) in [5.74, 6) is -3.03. The van der Waals surface area contributed by atoms with Crippen molar-refractivity contribution in [2.24, 2.45) is 0 Å². The molecule has 6 amide bonds. The highest BCUT2D eigenvalue weighted by Crippen LogP contribution is 2.09. The number of nitrogen functional groups attached to an aromatic ring is 4. The molecule has 0 heterocycles. The van der Waals surface area contributed by atoms with Crippen LogP contribution in [0.3, 0.4) is 0 Å². The number of benzene rings is 4. The smallest absolute Gasteiger partial charge is 0.252 e. The van der Waals surface area contributed by atoms with Gasteiger partial charge in [-0.1, -0.05) is 0 Å². The topological polar surface area (TPSA) is 264 Å². The Morgan fingerprint density at radius 3 is 0.815 bits per heavy atom. The zero-order chi connectivity index (χ0) is 39.2. The van der Waals surface area contributed by atoms with E-state index in [0.29, 0.717) is 45.0 Å². The van der Waals surface area contributed by atoms with Gasteiger partial charge < -0.3 is 54.0 Å². The van der Waals surface area contributed by atoms with Crippen LogP contribution in [0.2, 0.25) is 0 Å². The SMILES string of the molecule is CN(CC(=O)N(CNC(=O)c1ccc(N)cc1)CNC(=O)c1ccc(N)cc1)CC(=O)N(CNC(=O)c1ccc(N)cc1)CNC(=O)c1ccc(N)cc1. The molecule has 0 spiro atoms. The molecule has 4 rings (SSSR count). The van der Waals surface area contributed by atoms with Crippen LogP contribution in [0, 0.1) is 0 Å². The fourth-order valence-corrected chi connectivity index (χ4v) is 4.80. The number of likely N-dealkylation sites (N-methyl/N-ethyl adjacent to an activating group) is 1. The molecular formula is C37H43N11O6. The van der Waals surface area contributed by atoms with Gasteiger partial charge >= 0.3 is 0 Å². The minimum atomic E-state index is -0.541. The lowest BCUT2D eigenvalue weighted by Gasteiger charge is -2.28. The van der Waals surface area contributed by atoms with Crippen molar-refractivity contribution in [2.45, 2.75) is 0 Å². The van der Waals surface area contributed by atoms with Gasteiger partial charge in [0.25, 0.3) is 23.6 Å². The Labute approximate surface area is 311 Å². The third kappa shape index (κ3) is 12.0. The van der Waals surface area contributed by atoms with Gasteiger partial charge in [0.1, 0.15) is 0 Å². The Morgan fingerprint density at radius 1 is 0.407 bits per heavy atom. The second-order valence-corrected chi connectivity index (χ2v) is 12.2. The summed E-state index contributed by atoms with van der Waals surface area (Å²) in [6, 6.07) is 24.7. The molecule has 0 fully saturated rings. The lowest BCUT2D eigenvalue weighted by atomic mass is 10.2. The van der Waals surface area contributed by atoms with Gasteiger partial charge in [-0.2, -0.15) is 0 Å². The van der Waals surface area contributed by atoms with E-state index in [9.17, 15) is 28.8 Å². The normalized spacial score (nSPS) is 10.6. The van der Waals surface area contributed by atoms with Crippen LogP contribution < -0.4 is 44.2 Å². The zero-order valence-corrected chi connectivity index (χ0v) is 29.6. The van der Waals surface area contributed by atoms with Crippen molar-refractivity contribution >= 4 is 58.2 Å². The molecule has 0 saturated carbocycles. The van der Waals surface area contributed by atoms with Crippen LogP contribution >= 0.6 is 0 Å². The summed E-state index contributed by atoms with van der Waals surface area (Å²) >= 11 is 0. The minimum absolute atomic E-state index is 0.285. The Kier molecular flexibility index (Phi) is 13.9. The van der Waals surface area contributed by atoms with Crippen molar-refractivity contribution in [1.82, 2.24) is 36.0 Å². The minimum Gasteiger partial charge on any atom is -0.399 e. The number of hydrogen-bond donors (Lipinski definition) is 8. The van der Waals surface area contributed by atoms with E-state index < -0.39 is 35.4 Å². The molecule has 54 heavy (non-hydrogen) atoms. The Morgan fingerprint density at radius 2 is 0.611 bits per heavy atom. The van der Waals surface area contributed by atoms with Gasteiger partial charge in [-0.15, -0.1) is 0 Å². The Hall–Kier alpha value is -7.14. The van der Waals surface area contributed by atoms with Crippen LogP contribution in [0.1, 0.15) is 41.4 Å². The molecular weight excluding hydrogens is 694 g/mol. The molecule has 4 aromatic rings. The van der Waals surface area contributed by atoms with E-state index in [1.54, 1.807) is 48.5 Å². The van der Waals surface area contributed by atoms with Crippen molar-refractivity contribution in [2.75, 3.05) is 69.7 Å². The van der Waals surface area contributed by atoms with Gasteiger partial charge in [0.2, 0.25) is 11.8 Å². The van der Waals surface area contributed by atoms with Crippen molar-refractivity contribution in [3.63, 3.8) is 0 Å². The molecule has 0 bridgehead atoms. The highest BCUT2D eigenvalue weighted by molar-refractivity contribution is 5.97. The van der Waals surface area contributed by atoms with E-state index in [1.165, 1.54) is 70.3 Å². The van der Waals surface area contributed by atoms with Gasteiger partial charge in [0.05, 0.1) is 39.8 Å². The van der Waals surface area contributed by atoms with Gasteiger partial charge in [0.15, 0.2) is 0 Å². The van der Waals surface area contributed by atoms with Crippen LogP contribution in [-0.2, 0) is 9.59 Å². The number of nitrogens with zero attached hydrogens (tertiary/aromatic N) is 3. The Balaban J connectivity index is 1.42. The molecule has 0 unspecified atom stereocenters. The van der Waals surface area contributed by atoms with Crippen molar-refractivity contribution in [3.05, 3.63) is 119 Å². The third-order valence-corrected chi connectivity index (χ3v) is 7.93. The number of anilines is 4. The number of amides is 6. The second-order valence-electron chi connectivity index (χ2n) is 12.2. The molecule has 17 heteroatoms. The summed E-state index contributed by atoms with van der Waals surface area (Å²) in [7, 11) is 1.52. The number of rotatable bonds is 16. The maximum absolute atomic E-state index is 13.6. The van der Waals surface area contributed by atoms with E-state index in [4.69, 9.17) is 22.9 Å². The number of nitrogens with one attached hydrogen (secondary N) is 4. The zero-order valence-electron chi connectivity index (χ0n) is 29.6. The monoisotopic (exact) mass is 737 g/mol. The first-order valence-electron chi connectivity index (χ1n) is 16.6. The van der Waals surface area contributed by atoms with Crippen molar-refractivity contribution in [1.29, 1.82) is 0 Å². The van der Waals surface area contributed by atoms with Crippen LogP contribution in [0.25, 0.3) is 0 Å². The lowest BCUT2D eigenvalue weighted by molar-refractivity contribution is -0.135. The third-order valence-electron chi connectivity index (χ3n) is 7.93. The first kappa shape index (κ1) is 39.6. The molecule has 282 valence electrons. The highest BCUT2D eigenvalue weighted by Gasteiger charge is 2.22. The predicted octanol–water partition coefficient (Wildman–Crippen LogP) is 0.454. The molecule has 0 saturated heterocycles. The fraction of sp³-hybridized carbons (Fsp3) is 0.189. The van der Waals surface area contributed by atoms with Crippen molar-refractivity contribution < 1.29 is 28.8 Å². The molecule has 17 nitrogen and oxygen atoms in total. The van der Waals surface area contributed by atoms with Gasteiger partial charge in [-0.3, -0.25) is 33.7 Å². The van der Waals surface area contributed by atoms with E-state index in [-0.39, 0.29) is 39.8 Å². The quantitative estimate of drug-likeness (QED) is 0.0578. The van der Waals surface area contributed by atoms with Crippen LogP contribution in [0.15, 0.2) is 97.1 Å². The summed E-state index contributed by atoms with van der Waals surface area (Å²) < 4.78 is 0. The Bertz CT molecular complexity index is 1670. The van der Waals surface area contributed by atoms with Gasteiger partial charge in [-0.25, -0.2) is 0 Å². The van der Waals surface area contributed by atoms with Crippen LogP contribution in [0.4, 0.5) is 22.7 Å². The summed E-state index contributed by atoms with van der Waals surface area (Å²) in [5, 5.41) is 10.6. The average molecular weight is 738 g/mol. The predicted molar refractivity (Wildman–Crippen MR) is 204 cm³/mol. The first-order chi connectivity index (χ1) is 25.8. The van der Waals surface area contributed by atoms with Crippen LogP contribution in [-0.4, -0.2) is 97.0 Å². The second kappa shape index (κ2) is 18.9. The molecule has 4 aromatic carbocycles. The highest BCUT2D eigenvalue weighted by atomic mass is 16.2. The van der Waals surface area contributed by atoms with E-state index >= 15 is 0 Å². The van der Waals surface area contributed by atoms with Gasteiger partial charge in [-0.05, 0) is 104 Å². The molecule has 0 aromatic heterocycles. The molecule has 12 N–H and O–H groups in total. The summed E-state index contributed by atoms with van der Waals surface area (Å²) in [6.45, 7) is -1.77. The molecule has 0 radical (unpaired) electrons. The van der Waals surface area contributed by atoms with E-state index in [0.717, 1.165) is 0 Å². The van der Waals surface area contributed by atoms with E-state index in [1.807, 2.05) is 0 Å². The number of carbonyl (C=O) groups is 6. The maximum Gasteiger partial charge on any atom is 0.252 e. The number of nitrogens with two attached hydrogens (primary N) is 4. The van der Waals surface area contributed by atoms with E-state index in [2.05, 4.69) is 21.3 Å². The fourth-order valence-electron chi connectivity index (χ4n) is 4.80. The van der Waals surface area contributed by atoms with Crippen molar-refractivity contribution in [3.8, 4) is 0 Å². The van der Waals surface area contributed by atoms with Gasteiger partial charge in [0, 0.05) is 45.0 Å². The lowest BCUT2D eigenvalue weighted by Crippen LogP contribution is -2.52. The number of carbonyl (C=O) groups excluding carboxylic acids is 6. The standard InChI is InChI=1S/C37H43N11O6/c1-46(18-32(49)47(20-42-34(51)24-2-10-28(38)11-3-24)21-43-35(52)25-4-12-29(39)13-5-25)19-33(50)48(22-44-36(53)26-6-14-30(40)15-7-26)23-45-37(54)27-8-16-31(41)17-9-27/h2-17H,18-23,38-41H2,1H3,(H,42,51)(H,43,52)(H,44,53)(H,45,54). The molecule has 0 atom stereocenters. The molecule has 0 aliphatic heterocycles. The summed E-state index contributed by atoms with van der Waals surface area (Å²) in [6.07, 6.45) is 0. The average Bonchev–Trinajstić information content (AvgIpc) is 3.15.